The Hall–Kier alpha value is -0.170. The second-order valence-corrected chi connectivity index (χ2v) is 3.92. The molecule has 0 radical (unpaired) electrons. The molecule has 5 nitrogen and oxygen atoms in total. The van der Waals surface area contributed by atoms with Gasteiger partial charge in [0.2, 0.25) is 0 Å². The van der Waals surface area contributed by atoms with Crippen molar-refractivity contribution in [3.8, 4) is 0 Å². The number of nitrogens with zero attached hydrogens (tertiary/aromatic N) is 1. The van der Waals surface area contributed by atoms with Crippen LogP contribution in [0, 0.1) is 0 Å². The van der Waals surface area contributed by atoms with E-state index in [2.05, 4.69) is 0 Å². The molecule has 11 heavy (non-hydrogen) atoms. The summed E-state index contributed by atoms with van der Waals surface area (Å²) in [6.07, 6.45) is 0.395. The van der Waals surface area contributed by atoms with Crippen LogP contribution in [0.3, 0.4) is 0 Å². The number of hydrogen-bond acceptors (Lipinski definition) is 3. The summed E-state index contributed by atoms with van der Waals surface area (Å²) >= 11 is 0. The molecular weight excluding hydrogens is 170 g/mol. The lowest BCUT2D eigenvalue weighted by Gasteiger charge is -2.18. The van der Waals surface area contributed by atoms with E-state index in [0.29, 0.717) is 6.42 Å². The van der Waals surface area contributed by atoms with Crippen LogP contribution in [0.25, 0.3) is 0 Å². The smallest absolute Gasteiger partial charge is 0.281 e. The third-order valence-electron chi connectivity index (χ3n) is 1.27. The van der Waals surface area contributed by atoms with Crippen molar-refractivity contribution < 1.29 is 18.4 Å². The molecule has 1 atom stereocenters. The highest BCUT2D eigenvalue weighted by Crippen LogP contribution is 2.05. The van der Waals surface area contributed by atoms with Gasteiger partial charge in [-0.15, -0.1) is 0 Å². The van der Waals surface area contributed by atoms with Gasteiger partial charge < -0.3 is 5.48 Å². The Balaban J connectivity index is 0. The molecule has 0 aromatic rings. The SMILES string of the molecule is CCC(N(C)C)S(=O)(=O)O.O. The van der Waals surface area contributed by atoms with E-state index in [0.717, 1.165) is 0 Å². The molecule has 6 heteroatoms. The van der Waals surface area contributed by atoms with Gasteiger partial charge >= 0.3 is 0 Å². The molecule has 0 aromatic heterocycles. The standard InChI is InChI=1S/C5H13NO3S.H2O/c1-4-5(6(2)3)10(7,8)9;/h5H,4H2,1-3H3,(H,7,8,9);1H2. The Morgan fingerprint density at radius 3 is 1.82 bits per heavy atom. The summed E-state index contributed by atoms with van der Waals surface area (Å²) in [6, 6.07) is 0. The van der Waals surface area contributed by atoms with Crippen LogP contribution in [0.4, 0.5) is 0 Å². The average Bonchev–Trinajstić information content (AvgIpc) is 1.60. The van der Waals surface area contributed by atoms with E-state index in [1.165, 1.54) is 4.90 Å². The molecule has 0 aromatic carbocycles. The molecule has 0 bridgehead atoms. The fourth-order valence-electron chi connectivity index (χ4n) is 0.842. The van der Waals surface area contributed by atoms with Gasteiger partial charge in [0.25, 0.3) is 10.1 Å². The van der Waals surface area contributed by atoms with Gasteiger partial charge in [0, 0.05) is 0 Å². The molecule has 70 valence electrons. The molecule has 0 aliphatic rings. The quantitative estimate of drug-likeness (QED) is 0.591. The van der Waals surface area contributed by atoms with Crippen molar-refractivity contribution in [3.63, 3.8) is 0 Å². The molecule has 0 aliphatic carbocycles. The van der Waals surface area contributed by atoms with Crippen molar-refractivity contribution in [3.05, 3.63) is 0 Å². The van der Waals surface area contributed by atoms with Gasteiger partial charge in [0.1, 0.15) is 5.37 Å². The first-order valence-corrected chi connectivity index (χ1v) is 4.52. The monoisotopic (exact) mass is 185 g/mol. The molecule has 0 spiro atoms. The lowest BCUT2D eigenvalue weighted by molar-refractivity contribution is 0.330. The Bertz CT molecular complexity index is 187. The van der Waals surface area contributed by atoms with E-state index in [-0.39, 0.29) is 5.48 Å². The van der Waals surface area contributed by atoms with Crippen molar-refractivity contribution in [1.82, 2.24) is 4.90 Å². The minimum atomic E-state index is -3.89. The summed E-state index contributed by atoms with van der Waals surface area (Å²) in [5.74, 6) is 0. The van der Waals surface area contributed by atoms with Crippen molar-refractivity contribution in [2.75, 3.05) is 14.1 Å². The molecule has 0 rings (SSSR count). The molecule has 1 unspecified atom stereocenters. The zero-order chi connectivity index (χ0) is 8.36. The Kier molecular flexibility index (Phi) is 5.68. The van der Waals surface area contributed by atoms with Crippen LogP contribution < -0.4 is 0 Å². The molecule has 0 aliphatic heterocycles. The topological polar surface area (TPSA) is 89.1 Å². The summed E-state index contributed by atoms with van der Waals surface area (Å²) in [7, 11) is -0.662. The van der Waals surface area contributed by atoms with Crippen LogP contribution in [0.15, 0.2) is 0 Å². The fraction of sp³-hybridized carbons (Fsp3) is 1.00. The average molecular weight is 185 g/mol. The van der Waals surface area contributed by atoms with Crippen LogP contribution in [0.2, 0.25) is 0 Å². The van der Waals surface area contributed by atoms with Gasteiger partial charge in [-0.2, -0.15) is 8.42 Å². The summed E-state index contributed by atoms with van der Waals surface area (Å²) in [4.78, 5) is 1.47. The maximum Gasteiger partial charge on any atom is 0.281 e. The minimum Gasteiger partial charge on any atom is -0.412 e. The van der Waals surface area contributed by atoms with Crippen molar-refractivity contribution in [2.45, 2.75) is 18.7 Å². The highest BCUT2D eigenvalue weighted by atomic mass is 32.2. The van der Waals surface area contributed by atoms with Crippen LogP contribution in [-0.4, -0.2) is 42.8 Å². The maximum atomic E-state index is 10.5. The first-order valence-electron chi connectivity index (χ1n) is 3.02. The highest BCUT2D eigenvalue weighted by Gasteiger charge is 2.22. The molecule has 0 saturated heterocycles. The molecule has 0 fully saturated rings. The van der Waals surface area contributed by atoms with E-state index in [1.54, 1.807) is 21.0 Å². The molecule has 0 saturated carbocycles. The van der Waals surface area contributed by atoms with Gasteiger partial charge in [0.05, 0.1) is 0 Å². The molecule has 3 N–H and O–H groups in total. The summed E-state index contributed by atoms with van der Waals surface area (Å²) in [6.45, 7) is 1.71. The third kappa shape index (κ3) is 4.31. The lowest BCUT2D eigenvalue weighted by Crippen LogP contribution is -2.34. The Labute approximate surface area is 67.1 Å². The predicted molar refractivity (Wildman–Crippen MR) is 42.9 cm³/mol. The highest BCUT2D eigenvalue weighted by molar-refractivity contribution is 7.86. The first kappa shape index (κ1) is 13.4. The van der Waals surface area contributed by atoms with E-state index in [1.807, 2.05) is 0 Å². The second-order valence-electron chi connectivity index (χ2n) is 2.34. The van der Waals surface area contributed by atoms with Crippen molar-refractivity contribution in [2.24, 2.45) is 0 Å². The van der Waals surface area contributed by atoms with Crippen LogP contribution >= 0.6 is 0 Å². The van der Waals surface area contributed by atoms with Gasteiger partial charge in [-0.05, 0) is 20.5 Å². The van der Waals surface area contributed by atoms with E-state index in [4.69, 9.17) is 4.55 Å². The first-order chi connectivity index (χ1) is 4.39. The minimum absolute atomic E-state index is 0. The number of rotatable bonds is 3. The van der Waals surface area contributed by atoms with E-state index >= 15 is 0 Å². The molecule has 0 heterocycles. The summed E-state index contributed by atoms with van der Waals surface area (Å²) in [5, 5.41) is -0.771. The Morgan fingerprint density at radius 2 is 1.82 bits per heavy atom. The van der Waals surface area contributed by atoms with E-state index < -0.39 is 15.5 Å². The zero-order valence-corrected chi connectivity index (χ0v) is 7.72. The van der Waals surface area contributed by atoms with Gasteiger partial charge in [-0.3, -0.25) is 9.45 Å². The third-order valence-corrected chi connectivity index (χ3v) is 2.71. The molecule has 0 amide bonds. The van der Waals surface area contributed by atoms with Crippen molar-refractivity contribution in [1.29, 1.82) is 0 Å². The van der Waals surface area contributed by atoms with Crippen molar-refractivity contribution >= 4 is 10.1 Å². The van der Waals surface area contributed by atoms with Gasteiger partial charge in [-0.1, -0.05) is 6.92 Å². The van der Waals surface area contributed by atoms with E-state index in [9.17, 15) is 8.42 Å². The maximum absolute atomic E-state index is 10.5. The fourth-order valence-corrected chi connectivity index (χ4v) is 1.80. The predicted octanol–water partition coefficient (Wildman–Crippen LogP) is -0.653. The Morgan fingerprint density at radius 1 is 1.45 bits per heavy atom. The lowest BCUT2D eigenvalue weighted by atomic mass is 10.4. The summed E-state index contributed by atoms with van der Waals surface area (Å²) in [5.41, 5.74) is 0. The van der Waals surface area contributed by atoms with Crippen LogP contribution in [-0.2, 0) is 10.1 Å². The van der Waals surface area contributed by atoms with Gasteiger partial charge in [-0.25, -0.2) is 0 Å². The van der Waals surface area contributed by atoms with Crippen LogP contribution in [0.1, 0.15) is 13.3 Å². The largest absolute Gasteiger partial charge is 0.412 e. The molecular formula is C5H15NO4S. The van der Waals surface area contributed by atoms with Crippen LogP contribution in [0.5, 0.6) is 0 Å². The summed E-state index contributed by atoms with van der Waals surface area (Å²) < 4.78 is 29.6. The second kappa shape index (κ2) is 4.66. The zero-order valence-electron chi connectivity index (χ0n) is 6.90. The van der Waals surface area contributed by atoms with Gasteiger partial charge in [0.15, 0.2) is 0 Å². The normalized spacial score (nSPS) is 14.3. The number of hydrogen-bond donors (Lipinski definition) is 1.